The Morgan fingerprint density at radius 1 is 0.181 bits per heavy atom. The van der Waals surface area contributed by atoms with Crippen molar-refractivity contribution in [2.75, 3.05) is 19.6 Å². The van der Waals surface area contributed by atoms with Gasteiger partial charge < -0.3 is 19.6 Å². The highest BCUT2D eigenvalue weighted by atomic mass is 19.2. The minimum Gasteiger partial charge on any atom is -0.331 e. The molecule has 0 aromatic heterocycles. The van der Waals surface area contributed by atoms with Crippen LogP contribution in [0.4, 0.5) is 80.6 Å². The zero-order valence-corrected chi connectivity index (χ0v) is 67.1. The highest BCUT2D eigenvalue weighted by Crippen LogP contribution is 2.47. The number of halogens is 8. The summed E-state index contributed by atoms with van der Waals surface area (Å²) in [6, 6.07) is 103. The fraction of sp³-hybridized carbons (Fsp3) is 0.154. The number of para-hydroxylation sites is 5. The van der Waals surface area contributed by atoms with Crippen molar-refractivity contribution < 1.29 is 35.1 Å². The van der Waals surface area contributed by atoms with E-state index in [1.54, 1.807) is 123 Å². The smallest absolute Gasteiger partial charge is 0.154 e. The number of benzene rings is 16. The summed E-state index contributed by atoms with van der Waals surface area (Å²) in [5, 5.41) is 8.74. The molecule has 16 aromatic carbocycles. The highest BCUT2D eigenvalue weighted by Gasteiger charge is 2.34. The fourth-order valence-electron chi connectivity index (χ4n) is 15.2. The molecule has 16 rings (SSSR count). The van der Waals surface area contributed by atoms with Gasteiger partial charge in [0, 0.05) is 33.3 Å². The van der Waals surface area contributed by atoms with E-state index in [2.05, 4.69) is 30.3 Å². The number of fused-ring (bicyclic) bond motifs is 4. The van der Waals surface area contributed by atoms with E-state index in [4.69, 9.17) is 0 Å². The first kappa shape index (κ1) is 81.2. The number of nitrogens with zero attached hydrogens (tertiary/aromatic N) is 4. The summed E-state index contributed by atoms with van der Waals surface area (Å²) in [4.78, 5) is 6.92. The Labute approximate surface area is 675 Å². The Morgan fingerprint density at radius 2 is 0.483 bits per heavy atom. The molecule has 0 heterocycles. The molecule has 0 aliphatic heterocycles. The van der Waals surface area contributed by atoms with Crippen LogP contribution in [-0.4, -0.2) is 22.2 Å². The van der Waals surface area contributed by atoms with Crippen LogP contribution in [0.25, 0.3) is 87.6 Å². The second-order valence-electron chi connectivity index (χ2n) is 32.6. The zero-order valence-electron chi connectivity index (χ0n) is 67.1. The van der Waals surface area contributed by atoms with Gasteiger partial charge in [0.2, 0.25) is 0 Å². The maximum Gasteiger partial charge on any atom is 0.154 e. The van der Waals surface area contributed by atoms with Gasteiger partial charge >= 0.3 is 0 Å². The molecule has 116 heavy (non-hydrogen) atoms. The summed E-state index contributed by atoms with van der Waals surface area (Å²) in [6.45, 7) is 23.4. The van der Waals surface area contributed by atoms with Crippen LogP contribution in [0.2, 0.25) is 0 Å². The average molecular weight is 1550 g/mol. The third-order valence-corrected chi connectivity index (χ3v) is 20.2. The molecular weight excluding hydrogens is 1460 g/mol. The molecule has 0 atom stereocenters. The summed E-state index contributed by atoms with van der Waals surface area (Å²) >= 11 is 0. The Morgan fingerprint density at radius 3 is 0.974 bits per heavy atom. The normalized spacial score (nSPS) is 11.6. The van der Waals surface area contributed by atoms with Gasteiger partial charge in [-0.2, -0.15) is 0 Å². The lowest BCUT2D eigenvalue weighted by molar-refractivity contribution is 0.527. The van der Waals surface area contributed by atoms with Crippen molar-refractivity contribution >= 4 is 88.6 Å². The van der Waals surface area contributed by atoms with Crippen molar-refractivity contribution in [2.45, 2.75) is 105 Å². The van der Waals surface area contributed by atoms with Gasteiger partial charge in [-0.05, 0) is 257 Å². The molecule has 0 fully saturated rings. The van der Waals surface area contributed by atoms with Crippen molar-refractivity contribution in [1.82, 2.24) is 0 Å². The lowest BCUT2D eigenvalue weighted by atomic mass is 9.94. The highest BCUT2D eigenvalue weighted by molar-refractivity contribution is 6.01. The molecule has 4 nitrogen and oxygen atoms in total. The molecular formula is C104H92F8N4. The first-order valence-corrected chi connectivity index (χ1v) is 38.7. The Hall–Kier alpha value is -12.8. The third-order valence-electron chi connectivity index (χ3n) is 20.2. The van der Waals surface area contributed by atoms with Crippen LogP contribution in [0.5, 0.6) is 0 Å². The molecule has 0 bridgehead atoms. The summed E-state index contributed by atoms with van der Waals surface area (Å²) < 4.78 is 120. The molecule has 0 saturated heterocycles. The molecule has 16 aromatic rings. The van der Waals surface area contributed by atoms with E-state index in [1.165, 1.54) is 42.5 Å². The first-order valence-electron chi connectivity index (χ1n) is 38.7. The van der Waals surface area contributed by atoms with Gasteiger partial charge in [0.05, 0.1) is 45.5 Å². The van der Waals surface area contributed by atoms with Crippen LogP contribution < -0.4 is 19.6 Å². The van der Waals surface area contributed by atoms with Gasteiger partial charge in [0.1, 0.15) is 40.7 Å². The summed E-state index contributed by atoms with van der Waals surface area (Å²) in [7, 11) is 0. The van der Waals surface area contributed by atoms with E-state index in [9.17, 15) is 17.6 Å². The van der Waals surface area contributed by atoms with Gasteiger partial charge in [0.25, 0.3) is 0 Å². The second kappa shape index (κ2) is 34.1. The van der Waals surface area contributed by atoms with Gasteiger partial charge in [-0.15, -0.1) is 0 Å². The van der Waals surface area contributed by atoms with Crippen molar-refractivity contribution in [3.63, 3.8) is 0 Å². The van der Waals surface area contributed by atoms with Crippen molar-refractivity contribution in [3.8, 4) is 44.5 Å². The van der Waals surface area contributed by atoms with E-state index in [-0.39, 0.29) is 46.5 Å². The molecule has 0 N–H and O–H groups in total. The summed E-state index contributed by atoms with van der Waals surface area (Å²) in [5.74, 6) is -3.01. The van der Waals surface area contributed by atoms with Gasteiger partial charge in [0.15, 0.2) is 5.82 Å². The predicted molar refractivity (Wildman–Crippen MR) is 471 cm³/mol. The Balaban J connectivity index is 0.000000135. The van der Waals surface area contributed by atoms with Crippen molar-refractivity contribution in [2.24, 2.45) is 0 Å². The van der Waals surface area contributed by atoms with E-state index < -0.39 is 22.2 Å². The number of hydrogen-bond acceptors (Lipinski definition) is 4. The van der Waals surface area contributed by atoms with E-state index in [0.29, 0.717) is 51.1 Å². The average Bonchev–Trinajstić information content (AvgIpc) is 0.768. The van der Waals surface area contributed by atoms with Crippen LogP contribution >= 0.6 is 0 Å². The summed E-state index contributed by atoms with van der Waals surface area (Å²) in [6.07, 6.45) is 0. The van der Waals surface area contributed by atoms with Gasteiger partial charge in [-0.25, -0.2) is 35.1 Å². The zero-order chi connectivity index (χ0) is 82.4. The molecule has 0 aliphatic rings. The SMILES string of the molecule is CC(C)(C)N(c1ccccc1F)c1c(F)cccc1-c1cccc2ccccc12.CC(C)(C)N(c1ccccc1F)c1cc(-c2cccc3ccccc23)ccc1F.CC(C)(C)N(c1ccccc1F)c1ccc(-c2ccc3ccccc3c2)cc1F.CC(C)(C)N(c1ccccc1F)c1cccc(-c2ccc3ccccc3c2)c1F. The van der Waals surface area contributed by atoms with Crippen LogP contribution in [0.3, 0.4) is 0 Å². The molecule has 12 heteroatoms. The fourth-order valence-corrected chi connectivity index (χ4v) is 15.2. The topological polar surface area (TPSA) is 13.0 Å². The predicted octanol–water partition coefficient (Wildman–Crippen LogP) is 30.9. The minimum absolute atomic E-state index is 0.353. The maximum absolute atomic E-state index is 15.8. The van der Waals surface area contributed by atoms with Gasteiger partial charge in [-0.3, -0.25) is 0 Å². The number of anilines is 8. The third kappa shape index (κ3) is 17.8. The van der Waals surface area contributed by atoms with Crippen LogP contribution in [-0.2, 0) is 0 Å². The standard InChI is InChI=1S/4C26H23F2N/c1-26(2,3)29(24-17-7-6-15-22(24)27)25-21(14-9-16-23(25)28)20-13-8-11-18-10-4-5-12-19(18)20;1-26(2,3)29(24-14-7-6-13-22(24)27)25-17-19(15-16-23(25)28)21-12-8-10-18-9-4-5-11-20(18)21;1-26(2,3)29(23-13-7-6-12-22(23)27)24-14-8-11-21(25(24)28)20-16-15-18-9-4-5-10-19(18)17-20;1-26(2,3)29(24-11-7-6-10-22(24)27)25-15-14-21(17-23(25)28)20-13-12-18-8-4-5-9-19(18)16-20/h4*4-17H,1-3H3. The van der Waals surface area contributed by atoms with Gasteiger partial charge in [-0.1, -0.05) is 243 Å². The molecule has 0 amide bonds. The van der Waals surface area contributed by atoms with E-state index in [0.717, 1.165) is 82.0 Å². The molecule has 0 saturated carbocycles. The molecule has 584 valence electrons. The quantitative estimate of drug-likeness (QED) is 0.113. The molecule has 0 radical (unpaired) electrons. The van der Waals surface area contributed by atoms with Crippen LogP contribution in [0.15, 0.2) is 340 Å². The monoisotopic (exact) mass is 1550 g/mol. The van der Waals surface area contributed by atoms with Crippen molar-refractivity contribution in [3.05, 3.63) is 386 Å². The largest absolute Gasteiger partial charge is 0.331 e. The Kier molecular flexibility index (Phi) is 23.9. The second-order valence-corrected chi connectivity index (χ2v) is 32.6. The maximum atomic E-state index is 15.8. The molecule has 0 spiro atoms. The number of rotatable bonds is 12. The van der Waals surface area contributed by atoms with Crippen LogP contribution in [0.1, 0.15) is 83.1 Å². The molecule has 0 unspecified atom stereocenters. The summed E-state index contributed by atoms with van der Waals surface area (Å²) in [5.41, 5.74) is 7.36. The van der Waals surface area contributed by atoms with Crippen molar-refractivity contribution in [1.29, 1.82) is 0 Å². The molecule has 0 aliphatic carbocycles. The first-order chi connectivity index (χ1) is 55.4. The Bertz CT molecular complexity index is 6190. The lowest BCUT2D eigenvalue weighted by Gasteiger charge is -2.39. The van der Waals surface area contributed by atoms with E-state index >= 15 is 17.6 Å². The van der Waals surface area contributed by atoms with Crippen LogP contribution in [0, 0.1) is 46.5 Å². The number of hydrogen-bond donors (Lipinski definition) is 0. The van der Waals surface area contributed by atoms with E-state index in [1.807, 2.05) is 247 Å². The lowest BCUT2D eigenvalue weighted by Crippen LogP contribution is -2.39. The minimum atomic E-state index is -0.552.